The highest BCUT2D eigenvalue weighted by molar-refractivity contribution is 7.21. The number of hydrogen-bond acceptors (Lipinski definition) is 6. The van der Waals surface area contributed by atoms with Crippen LogP contribution in [-0.2, 0) is 4.79 Å². The van der Waals surface area contributed by atoms with E-state index in [0.29, 0.717) is 50.8 Å². The molecule has 1 aromatic carbocycles. The number of carbonyl (C=O) groups is 3. The van der Waals surface area contributed by atoms with Gasteiger partial charge in [-0.1, -0.05) is 12.6 Å². The lowest BCUT2D eigenvalue weighted by atomic mass is 9.96. The summed E-state index contributed by atoms with van der Waals surface area (Å²) < 4.78 is 6.04. The fourth-order valence-electron chi connectivity index (χ4n) is 4.72. The van der Waals surface area contributed by atoms with Crippen molar-refractivity contribution in [2.24, 2.45) is 0 Å². The smallest absolute Gasteiger partial charge is 0.331 e. The molecule has 0 unspecified atom stereocenters. The van der Waals surface area contributed by atoms with Gasteiger partial charge in [-0.3, -0.25) is 14.5 Å². The third-order valence-corrected chi connectivity index (χ3v) is 7.87. The van der Waals surface area contributed by atoms with E-state index in [4.69, 9.17) is 4.74 Å². The molecule has 2 aliphatic heterocycles. The molecule has 0 atom stereocenters. The summed E-state index contributed by atoms with van der Waals surface area (Å²) >= 11 is 1.22. The predicted molar refractivity (Wildman–Crippen MR) is 142 cm³/mol. The minimum absolute atomic E-state index is 0.216. The number of anilines is 3. The third kappa shape index (κ3) is 4.23. The Balaban J connectivity index is 1.32. The molecule has 188 valence electrons. The highest BCUT2D eigenvalue weighted by atomic mass is 32.1. The maximum atomic E-state index is 13.4. The van der Waals surface area contributed by atoms with E-state index in [0.717, 1.165) is 25.0 Å². The molecule has 2 N–H and O–H groups in total. The lowest BCUT2D eigenvalue weighted by molar-refractivity contribution is -0.123. The topological polar surface area (TPSA) is 104 Å². The standard InChI is InChI=1S/C27H25N5O4S/c1-2-21(33)31-13-5-6-16(15-31)29-25(34)24-23-22-20(11-12-28-26(22)37-24)32(27(35)30-23)17-7-3-10-19(14-17)36-18-8-4-9-18/h2-3,7,10-12,14-15,18H,1,4-6,8-9,13H2,(H,29,34)(H,30,35). The van der Waals surface area contributed by atoms with Crippen LogP contribution in [-0.4, -0.2) is 40.4 Å². The van der Waals surface area contributed by atoms with Gasteiger partial charge < -0.3 is 20.3 Å². The molecular formula is C27H25N5O4S. The van der Waals surface area contributed by atoms with Crippen LogP contribution < -0.4 is 20.3 Å². The maximum absolute atomic E-state index is 13.4. The van der Waals surface area contributed by atoms with Gasteiger partial charge in [-0.05, 0) is 56.4 Å². The molecule has 6 rings (SSSR count). The highest BCUT2D eigenvalue weighted by Gasteiger charge is 2.33. The zero-order valence-electron chi connectivity index (χ0n) is 20.0. The van der Waals surface area contributed by atoms with Crippen molar-refractivity contribution in [3.05, 3.63) is 66.0 Å². The molecule has 37 heavy (non-hydrogen) atoms. The van der Waals surface area contributed by atoms with Gasteiger partial charge in [-0.25, -0.2) is 9.78 Å². The number of benzene rings is 1. The quantitative estimate of drug-likeness (QED) is 0.434. The van der Waals surface area contributed by atoms with Crippen LogP contribution in [0.15, 0.2) is 61.1 Å². The van der Waals surface area contributed by atoms with Crippen LogP contribution in [0.4, 0.5) is 21.9 Å². The number of thiophene rings is 1. The molecule has 10 heteroatoms. The lowest BCUT2D eigenvalue weighted by Gasteiger charge is -2.30. The molecule has 3 aliphatic rings. The molecule has 1 fully saturated rings. The summed E-state index contributed by atoms with van der Waals surface area (Å²) in [7, 11) is 0. The Labute approximate surface area is 217 Å². The van der Waals surface area contributed by atoms with Crippen LogP contribution in [0.5, 0.6) is 5.75 Å². The van der Waals surface area contributed by atoms with E-state index in [1.165, 1.54) is 28.7 Å². The molecule has 0 bridgehead atoms. The second-order valence-corrected chi connectivity index (χ2v) is 10.2. The monoisotopic (exact) mass is 515 g/mol. The second kappa shape index (κ2) is 9.36. The first kappa shape index (κ1) is 23.2. The molecule has 0 radical (unpaired) electrons. The van der Waals surface area contributed by atoms with Crippen molar-refractivity contribution in [2.75, 3.05) is 16.8 Å². The number of amides is 4. The molecule has 1 aliphatic carbocycles. The first-order valence-electron chi connectivity index (χ1n) is 12.3. The van der Waals surface area contributed by atoms with Crippen molar-refractivity contribution in [2.45, 2.75) is 38.2 Å². The number of pyridine rings is 1. The fourth-order valence-corrected chi connectivity index (χ4v) is 5.74. The SMILES string of the molecule is C=CC(=O)N1C=C(NC(=O)c2sc3nccc4c3c2NC(=O)N4c2cccc(OC3CCC3)c2)CCC1. The zero-order valence-corrected chi connectivity index (χ0v) is 20.8. The summed E-state index contributed by atoms with van der Waals surface area (Å²) in [5, 5.41) is 6.54. The lowest BCUT2D eigenvalue weighted by Crippen LogP contribution is -2.35. The Kier molecular flexibility index (Phi) is 5.88. The van der Waals surface area contributed by atoms with E-state index >= 15 is 0 Å². The molecule has 1 saturated carbocycles. The highest BCUT2D eigenvalue weighted by Crippen LogP contribution is 2.46. The summed E-state index contributed by atoms with van der Waals surface area (Å²) in [6.07, 6.45) is 9.39. The van der Waals surface area contributed by atoms with Crippen LogP contribution in [0.3, 0.4) is 0 Å². The Morgan fingerprint density at radius 1 is 1.24 bits per heavy atom. The van der Waals surface area contributed by atoms with E-state index in [9.17, 15) is 14.4 Å². The van der Waals surface area contributed by atoms with Gasteiger partial charge in [0.05, 0.1) is 28.6 Å². The molecule has 0 saturated heterocycles. The largest absolute Gasteiger partial charge is 0.490 e. The number of nitrogens with zero attached hydrogens (tertiary/aromatic N) is 3. The number of aromatic nitrogens is 1. The zero-order chi connectivity index (χ0) is 25.5. The molecule has 9 nitrogen and oxygen atoms in total. The van der Waals surface area contributed by atoms with Gasteiger partial charge in [0.2, 0.25) is 5.91 Å². The van der Waals surface area contributed by atoms with Gasteiger partial charge in [0.15, 0.2) is 0 Å². The van der Waals surface area contributed by atoms with Crippen LogP contribution in [0.25, 0.3) is 10.2 Å². The summed E-state index contributed by atoms with van der Waals surface area (Å²) in [5.41, 5.74) is 2.40. The Hall–Kier alpha value is -4.18. The molecule has 2 aromatic heterocycles. The predicted octanol–water partition coefficient (Wildman–Crippen LogP) is 5.29. The van der Waals surface area contributed by atoms with Crippen molar-refractivity contribution < 1.29 is 19.1 Å². The van der Waals surface area contributed by atoms with Gasteiger partial charge in [0.25, 0.3) is 5.91 Å². The number of carbonyl (C=O) groups excluding carboxylic acids is 3. The average Bonchev–Trinajstić information content (AvgIpc) is 3.26. The van der Waals surface area contributed by atoms with Crippen LogP contribution in [0.2, 0.25) is 0 Å². The fraction of sp³-hybridized carbons (Fsp3) is 0.259. The van der Waals surface area contributed by atoms with Crippen molar-refractivity contribution in [1.29, 1.82) is 0 Å². The first-order valence-corrected chi connectivity index (χ1v) is 13.1. The second-order valence-electron chi connectivity index (χ2n) is 9.20. The van der Waals surface area contributed by atoms with Crippen molar-refractivity contribution in [1.82, 2.24) is 15.2 Å². The normalized spacial score (nSPS) is 17.1. The summed E-state index contributed by atoms with van der Waals surface area (Å²) in [5.74, 6) is 0.153. The Morgan fingerprint density at radius 2 is 2.11 bits per heavy atom. The molecule has 3 aromatic rings. The summed E-state index contributed by atoms with van der Waals surface area (Å²) in [6.45, 7) is 4.10. The molecular weight excluding hydrogens is 490 g/mol. The summed E-state index contributed by atoms with van der Waals surface area (Å²) in [4.78, 5) is 47.3. The first-order chi connectivity index (χ1) is 18.0. The van der Waals surface area contributed by atoms with Gasteiger partial charge in [0, 0.05) is 30.7 Å². The Bertz CT molecular complexity index is 1470. The molecule has 4 heterocycles. The minimum atomic E-state index is -0.368. The van der Waals surface area contributed by atoms with Crippen LogP contribution in [0.1, 0.15) is 41.8 Å². The molecule has 0 spiro atoms. The van der Waals surface area contributed by atoms with Crippen molar-refractivity contribution in [3.8, 4) is 5.75 Å². The number of nitrogens with one attached hydrogen (secondary N) is 2. The summed E-state index contributed by atoms with van der Waals surface area (Å²) in [6, 6.07) is 8.90. The van der Waals surface area contributed by atoms with Gasteiger partial charge in [-0.15, -0.1) is 11.3 Å². The van der Waals surface area contributed by atoms with E-state index in [1.807, 2.05) is 24.3 Å². The van der Waals surface area contributed by atoms with E-state index < -0.39 is 0 Å². The number of rotatable bonds is 6. The number of urea groups is 1. The molecule has 4 amide bonds. The van der Waals surface area contributed by atoms with Crippen LogP contribution >= 0.6 is 11.3 Å². The van der Waals surface area contributed by atoms with E-state index in [-0.39, 0.29) is 23.9 Å². The average molecular weight is 516 g/mol. The third-order valence-electron chi connectivity index (χ3n) is 6.77. The number of allylic oxidation sites excluding steroid dienone is 1. The van der Waals surface area contributed by atoms with E-state index in [2.05, 4.69) is 22.2 Å². The maximum Gasteiger partial charge on any atom is 0.331 e. The minimum Gasteiger partial charge on any atom is -0.490 e. The Morgan fingerprint density at radius 3 is 2.89 bits per heavy atom. The van der Waals surface area contributed by atoms with Gasteiger partial charge in [-0.2, -0.15) is 0 Å². The van der Waals surface area contributed by atoms with Crippen molar-refractivity contribution >= 4 is 56.5 Å². The van der Waals surface area contributed by atoms with Crippen LogP contribution in [0, 0.1) is 0 Å². The van der Waals surface area contributed by atoms with E-state index in [1.54, 1.807) is 23.4 Å². The number of hydrogen-bond donors (Lipinski definition) is 2. The van der Waals surface area contributed by atoms with Crippen molar-refractivity contribution in [3.63, 3.8) is 0 Å². The number of ether oxygens (including phenoxy) is 1. The van der Waals surface area contributed by atoms with Gasteiger partial charge in [0.1, 0.15) is 15.5 Å². The van der Waals surface area contributed by atoms with Gasteiger partial charge >= 0.3 is 6.03 Å².